The second-order valence-electron chi connectivity index (χ2n) is 4.51. The highest BCUT2D eigenvalue weighted by molar-refractivity contribution is 5.89. The van der Waals surface area contributed by atoms with Crippen molar-refractivity contribution in [3.8, 4) is 5.75 Å². The SMILES string of the molecule is O=C(NCc1ccc(F)cc1)Nc1ccc(OC(F)(F)F)cc1. The van der Waals surface area contributed by atoms with Crippen LogP contribution in [0.25, 0.3) is 0 Å². The summed E-state index contributed by atoms with van der Waals surface area (Å²) in [6.45, 7) is 0.182. The molecule has 122 valence electrons. The van der Waals surface area contributed by atoms with E-state index in [4.69, 9.17) is 0 Å². The van der Waals surface area contributed by atoms with Crippen LogP contribution in [0.1, 0.15) is 5.56 Å². The van der Waals surface area contributed by atoms with E-state index in [1.54, 1.807) is 0 Å². The molecule has 0 aromatic heterocycles. The third-order valence-corrected chi connectivity index (χ3v) is 2.71. The number of carbonyl (C=O) groups is 1. The van der Waals surface area contributed by atoms with Crippen LogP contribution in [0.15, 0.2) is 48.5 Å². The third kappa shape index (κ3) is 5.85. The molecule has 0 heterocycles. The first kappa shape index (κ1) is 16.6. The summed E-state index contributed by atoms with van der Waals surface area (Å²) in [6.07, 6.45) is -4.76. The smallest absolute Gasteiger partial charge is 0.406 e. The van der Waals surface area contributed by atoms with Crippen molar-refractivity contribution in [1.82, 2.24) is 5.32 Å². The zero-order valence-corrected chi connectivity index (χ0v) is 11.7. The Kier molecular flexibility index (Phi) is 5.05. The van der Waals surface area contributed by atoms with Crippen molar-refractivity contribution in [2.45, 2.75) is 12.9 Å². The highest BCUT2D eigenvalue weighted by Gasteiger charge is 2.30. The van der Waals surface area contributed by atoms with Gasteiger partial charge in [0, 0.05) is 12.2 Å². The topological polar surface area (TPSA) is 50.4 Å². The van der Waals surface area contributed by atoms with Crippen LogP contribution < -0.4 is 15.4 Å². The lowest BCUT2D eigenvalue weighted by atomic mass is 10.2. The monoisotopic (exact) mass is 328 g/mol. The number of anilines is 1. The Morgan fingerprint density at radius 1 is 1.00 bits per heavy atom. The van der Waals surface area contributed by atoms with E-state index < -0.39 is 12.4 Å². The summed E-state index contributed by atoms with van der Waals surface area (Å²) in [6, 6.07) is 9.78. The quantitative estimate of drug-likeness (QED) is 0.832. The van der Waals surface area contributed by atoms with Gasteiger partial charge < -0.3 is 15.4 Å². The lowest BCUT2D eigenvalue weighted by molar-refractivity contribution is -0.274. The number of hydrogen-bond acceptors (Lipinski definition) is 2. The van der Waals surface area contributed by atoms with Crippen molar-refractivity contribution in [2.75, 3.05) is 5.32 Å². The number of nitrogens with one attached hydrogen (secondary N) is 2. The van der Waals surface area contributed by atoms with Crippen molar-refractivity contribution in [1.29, 1.82) is 0 Å². The number of rotatable bonds is 4. The number of carbonyl (C=O) groups excluding carboxylic acids is 1. The van der Waals surface area contributed by atoms with E-state index in [-0.39, 0.29) is 18.1 Å². The normalized spacial score (nSPS) is 11.0. The summed E-state index contributed by atoms with van der Waals surface area (Å²) < 4.78 is 52.5. The van der Waals surface area contributed by atoms with Crippen molar-refractivity contribution in [2.24, 2.45) is 0 Å². The Balaban J connectivity index is 1.84. The van der Waals surface area contributed by atoms with E-state index in [9.17, 15) is 22.4 Å². The molecule has 0 aliphatic heterocycles. The Morgan fingerprint density at radius 3 is 2.17 bits per heavy atom. The second-order valence-corrected chi connectivity index (χ2v) is 4.51. The molecule has 2 aromatic carbocycles. The number of ether oxygens (including phenoxy) is 1. The number of amides is 2. The minimum absolute atomic E-state index is 0.182. The van der Waals surface area contributed by atoms with Gasteiger partial charge in [0.05, 0.1) is 0 Å². The van der Waals surface area contributed by atoms with Crippen LogP contribution in [0.3, 0.4) is 0 Å². The maximum atomic E-state index is 12.7. The molecule has 0 radical (unpaired) electrons. The second kappa shape index (κ2) is 6.99. The number of hydrogen-bond donors (Lipinski definition) is 2. The molecule has 2 amide bonds. The number of alkyl halides is 3. The molecule has 4 nitrogen and oxygen atoms in total. The van der Waals surface area contributed by atoms with Gasteiger partial charge in [-0.2, -0.15) is 0 Å². The van der Waals surface area contributed by atoms with E-state index in [0.717, 1.165) is 12.1 Å². The van der Waals surface area contributed by atoms with E-state index in [0.29, 0.717) is 11.3 Å². The molecule has 23 heavy (non-hydrogen) atoms. The standard InChI is InChI=1S/C15H12F4N2O2/c16-11-3-1-10(2-4-11)9-20-14(22)21-12-5-7-13(8-6-12)23-15(17,18)19/h1-8H,9H2,(H2,20,21,22). The van der Waals surface area contributed by atoms with Gasteiger partial charge in [-0.15, -0.1) is 13.2 Å². The fourth-order valence-electron chi connectivity index (χ4n) is 1.70. The molecular weight excluding hydrogens is 316 g/mol. The van der Waals surface area contributed by atoms with E-state index in [2.05, 4.69) is 15.4 Å². The largest absolute Gasteiger partial charge is 0.573 e. The molecule has 2 aromatic rings. The van der Waals surface area contributed by atoms with Crippen molar-refractivity contribution in [3.05, 3.63) is 59.9 Å². The average molecular weight is 328 g/mol. The van der Waals surface area contributed by atoms with E-state index >= 15 is 0 Å². The molecule has 0 saturated carbocycles. The van der Waals surface area contributed by atoms with Gasteiger partial charge in [-0.1, -0.05) is 12.1 Å². The molecule has 8 heteroatoms. The van der Waals surface area contributed by atoms with Gasteiger partial charge in [0.1, 0.15) is 11.6 Å². The van der Waals surface area contributed by atoms with Crippen LogP contribution in [-0.2, 0) is 6.54 Å². The van der Waals surface area contributed by atoms with Gasteiger partial charge >= 0.3 is 12.4 Å². The first-order valence-corrected chi connectivity index (χ1v) is 6.47. The Morgan fingerprint density at radius 2 is 1.61 bits per heavy atom. The maximum Gasteiger partial charge on any atom is 0.573 e. The molecule has 2 rings (SSSR count). The highest BCUT2D eigenvalue weighted by atomic mass is 19.4. The molecule has 0 spiro atoms. The predicted molar refractivity (Wildman–Crippen MR) is 75.4 cm³/mol. The molecule has 0 saturated heterocycles. The van der Waals surface area contributed by atoms with Crippen LogP contribution in [0, 0.1) is 5.82 Å². The van der Waals surface area contributed by atoms with Crippen LogP contribution in [0.4, 0.5) is 28.0 Å². The molecule has 0 bridgehead atoms. The molecule has 2 N–H and O–H groups in total. The van der Waals surface area contributed by atoms with Crippen molar-refractivity contribution >= 4 is 11.7 Å². The zero-order valence-electron chi connectivity index (χ0n) is 11.7. The summed E-state index contributed by atoms with van der Waals surface area (Å²) in [5, 5.41) is 4.99. The maximum absolute atomic E-state index is 12.7. The lowest BCUT2D eigenvalue weighted by Crippen LogP contribution is -2.28. The number of urea groups is 1. The van der Waals surface area contributed by atoms with Gasteiger partial charge in [0.15, 0.2) is 0 Å². The van der Waals surface area contributed by atoms with Crippen LogP contribution >= 0.6 is 0 Å². The van der Waals surface area contributed by atoms with Crippen LogP contribution in [0.5, 0.6) is 5.75 Å². The van der Waals surface area contributed by atoms with Gasteiger partial charge in [-0.3, -0.25) is 0 Å². The average Bonchev–Trinajstić information content (AvgIpc) is 2.47. The van der Waals surface area contributed by atoms with E-state index in [1.165, 1.54) is 36.4 Å². The van der Waals surface area contributed by atoms with Gasteiger partial charge in [-0.05, 0) is 42.0 Å². The number of halogens is 4. The van der Waals surface area contributed by atoms with Gasteiger partial charge in [-0.25, -0.2) is 9.18 Å². The molecule has 0 aliphatic rings. The van der Waals surface area contributed by atoms with Gasteiger partial charge in [0.25, 0.3) is 0 Å². The summed E-state index contributed by atoms with van der Waals surface area (Å²) in [5.74, 6) is -0.755. The Labute approximate surface area is 129 Å². The Hall–Kier alpha value is -2.77. The third-order valence-electron chi connectivity index (χ3n) is 2.71. The van der Waals surface area contributed by atoms with Crippen LogP contribution in [0.2, 0.25) is 0 Å². The molecule has 0 unspecified atom stereocenters. The molecular formula is C15H12F4N2O2. The number of benzene rings is 2. The van der Waals surface area contributed by atoms with Crippen LogP contribution in [-0.4, -0.2) is 12.4 Å². The van der Waals surface area contributed by atoms with Crippen molar-refractivity contribution < 1.29 is 27.1 Å². The summed E-state index contributed by atoms with van der Waals surface area (Å²) in [7, 11) is 0. The van der Waals surface area contributed by atoms with E-state index in [1.807, 2.05) is 0 Å². The first-order chi connectivity index (χ1) is 10.8. The fraction of sp³-hybridized carbons (Fsp3) is 0.133. The molecule has 0 atom stereocenters. The predicted octanol–water partition coefficient (Wildman–Crippen LogP) is 4.05. The molecule has 0 aliphatic carbocycles. The lowest BCUT2D eigenvalue weighted by Gasteiger charge is -2.10. The van der Waals surface area contributed by atoms with Crippen molar-refractivity contribution in [3.63, 3.8) is 0 Å². The fourth-order valence-corrected chi connectivity index (χ4v) is 1.70. The summed E-state index contributed by atoms with van der Waals surface area (Å²) in [5.41, 5.74) is 1.01. The highest BCUT2D eigenvalue weighted by Crippen LogP contribution is 2.23. The summed E-state index contributed by atoms with van der Waals surface area (Å²) >= 11 is 0. The minimum Gasteiger partial charge on any atom is -0.406 e. The Bertz CT molecular complexity index is 655. The molecule has 0 fully saturated rings. The minimum atomic E-state index is -4.76. The summed E-state index contributed by atoms with van der Waals surface area (Å²) in [4.78, 5) is 11.7. The van der Waals surface area contributed by atoms with Gasteiger partial charge in [0.2, 0.25) is 0 Å². The first-order valence-electron chi connectivity index (χ1n) is 6.47. The zero-order chi connectivity index (χ0) is 16.9.